The third kappa shape index (κ3) is 2.84. The van der Waals surface area contributed by atoms with Gasteiger partial charge >= 0.3 is 0 Å². The van der Waals surface area contributed by atoms with E-state index in [-0.39, 0.29) is 28.7 Å². The minimum Gasteiger partial charge on any atom is -0.328 e. The van der Waals surface area contributed by atoms with Crippen LogP contribution in [0, 0.1) is 39.4 Å². The number of carbonyl (C=O) groups is 1. The molecule has 0 aromatic heterocycles. The molecule has 0 saturated heterocycles. The van der Waals surface area contributed by atoms with Crippen molar-refractivity contribution in [2.75, 3.05) is 13.2 Å². The second kappa shape index (κ2) is 7.17. The molecule has 0 bridgehead atoms. The molecule has 0 heterocycles. The Labute approximate surface area is 165 Å². The first-order valence-corrected chi connectivity index (χ1v) is 10.6. The Morgan fingerprint density at radius 1 is 1.36 bits per heavy atom. The van der Waals surface area contributed by atoms with E-state index < -0.39 is 6.17 Å². The molecule has 4 aliphatic carbocycles. The summed E-state index contributed by atoms with van der Waals surface area (Å²) in [5.41, 5.74) is 7.93. The van der Waals surface area contributed by atoms with Crippen LogP contribution in [-0.4, -0.2) is 31.1 Å². The average molecular weight is 394 g/mol. The van der Waals surface area contributed by atoms with E-state index in [9.17, 15) is 9.70 Å². The van der Waals surface area contributed by atoms with Crippen LogP contribution in [-0.2, 0) is 9.63 Å². The van der Waals surface area contributed by atoms with Crippen LogP contribution in [0.5, 0.6) is 0 Å². The first kappa shape index (κ1) is 20.0. The number of nitroso groups, excluding NO2 is 1. The van der Waals surface area contributed by atoms with E-state index in [1.807, 2.05) is 6.08 Å². The summed E-state index contributed by atoms with van der Waals surface area (Å²) in [4.78, 5) is 29.6. The van der Waals surface area contributed by atoms with Crippen LogP contribution in [0.1, 0.15) is 52.4 Å². The van der Waals surface area contributed by atoms with Gasteiger partial charge < -0.3 is 5.73 Å². The third-order valence-corrected chi connectivity index (χ3v) is 8.54. The molecule has 3 N–H and O–H groups in total. The lowest BCUT2D eigenvalue weighted by molar-refractivity contribution is -0.138. The Bertz CT molecular complexity index is 686. The number of rotatable bonds is 5. The number of ketones is 1. The summed E-state index contributed by atoms with van der Waals surface area (Å²) in [5.74, 6) is 1.16. The number of allylic oxidation sites excluding steroid dienone is 1. The molecule has 3 fully saturated rings. The normalized spacial score (nSPS) is 47.6. The van der Waals surface area contributed by atoms with Gasteiger partial charge in [0, 0.05) is 24.3 Å². The van der Waals surface area contributed by atoms with Gasteiger partial charge in [-0.3, -0.25) is 15.1 Å². The standard InChI is InChI=1S/C21H32FN3O3/c1-20-6-5-14-12(13(20)3-4-19(20)26)9-17(24-27)15-10-18(25-28-8-7-23)16(22)11-21(14,15)2/h10,12-17,25H,3-9,11,23H2,1-2H3/t12-,13-,14-,15?,16+,17?,20-,21+/m0/s1. The molecule has 3 saturated carbocycles. The maximum Gasteiger partial charge on any atom is 0.142 e. The Morgan fingerprint density at radius 2 is 2.14 bits per heavy atom. The topological polar surface area (TPSA) is 93.8 Å². The van der Waals surface area contributed by atoms with Crippen LogP contribution in [0.25, 0.3) is 0 Å². The highest BCUT2D eigenvalue weighted by Gasteiger charge is 2.62. The summed E-state index contributed by atoms with van der Waals surface area (Å²) < 4.78 is 15.1. The highest BCUT2D eigenvalue weighted by Crippen LogP contribution is 2.65. The fourth-order valence-corrected chi connectivity index (χ4v) is 7.10. The fourth-order valence-electron chi connectivity index (χ4n) is 7.10. The Kier molecular flexibility index (Phi) is 5.11. The summed E-state index contributed by atoms with van der Waals surface area (Å²) >= 11 is 0. The lowest BCUT2D eigenvalue weighted by Gasteiger charge is -2.60. The van der Waals surface area contributed by atoms with E-state index >= 15 is 4.39 Å². The highest BCUT2D eigenvalue weighted by atomic mass is 19.1. The summed E-state index contributed by atoms with van der Waals surface area (Å²) in [6.07, 6.45) is 5.09. The summed E-state index contributed by atoms with van der Waals surface area (Å²) in [5, 5.41) is 3.49. The number of alkyl halides is 1. The zero-order valence-corrected chi connectivity index (χ0v) is 16.8. The molecule has 0 aromatic rings. The van der Waals surface area contributed by atoms with Gasteiger partial charge in [0.1, 0.15) is 12.0 Å². The maximum absolute atomic E-state index is 15.1. The number of hydrogen-bond donors (Lipinski definition) is 2. The van der Waals surface area contributed by atoms with Crippen molar-refractivity contribution in [1.29, 1.82) is 0 Å². The average Bonchev–Trinajstić information content (AvgIpc) is 2.97. The van der Waals surface area contributed by atoms with Crippen molar-refractivity contribution in [3.8, 4) is 0 Å². The molecule has 8 atom stereocenters. The van der Waals surface area contributed by atoms with Crippen molar-refractivity contribution in [3.63, 3.8) is 0 Å². The van der Waals surface area contributed by atoms with Gasteiger partial charge in [0.15, 0.2) is 0 Å². The Balaban J connectivity index is 1.65. The molecule has 4 rings (SSSR count). The molecular weight excluding hydrogens is 361 g/mol. The first-order chi connectivity index (χ1) is 13.3. The molecule has 0 aromatic carbocycles. The van der Waals surface area contributed by atoms with Gasteiger partial charge in [-0.1, -0.05) is 25.1 Å². The van der Waals surface area contributed by atoms with Gasteiger partial charge in [0.05, 0.1) is 18.3 Å². The molecule has 4 aliphatic rings. The first-order valence-electron chi connectivity index (χ1n) is 10.6. The van der Waals surface area contributed by atoms with Crippen LogP contribution in [0.2, 0.25) is 0 Å². The number of Topliss-reactive ketones (excluding diaryl/α,β-unsaturated/α-hetero) is 1. The van der Waals surface area contributed by atoms with Crippen LogP contribution >= 0.6 is 0 Å². The molecular formula is C21H32FN3O3. The van der Waals surface area contributed by atoms with Crippen molar-refractivity contribution >= 4 is 5.78 Å². The smallest absolute Gasteiger partial charge is 0.142 e. The number of fused-ring (bicyclic) bond motifs is 5. The van der Waals surface area contributed by atoms with E-state index in [0.717, 1.165) is 19.3 Å². The van der Waals surface area contributed by atoms with E-state index in [0.29, 0.717) is 55.7 Å². The maximum atomic E-state index is 15.1. The Morgan fingerprint density at radius 3 is 2.86 bits per heavy atom. The minimum absolute atomic E-state index is 0.108. The molecule has 0 aliphatic heterocycles. The largest absolute Gasteiger partial charge is 0.328 e. The molecule has 2 unspecified atom stereocenters. The highest BCUT2D eigenvalue weighted by molar-refractivity contribution is 5.87. The van der Waals surface area contributed by atoms with Crippen molar-refractivity contribution < 1.29 is 14.0 Å². The van der Waals surface area contributed by atoms with Crippen molar-refractivity contribution in [2.45, 2.75) is 64.6 Å². The lowest BCUT2D eigenvalue weighted by atomic mass is 9.45. The van der Waals surface area contributed by atoms with Gasteiger partial charge in [-0.05, 0) is 55.3 Å². The fraction of sp³-hybridized carbons (Fsp3) is 0.857. The van der Waals surface area contributed by atoms with Gasteiger partial charge in [-0.15, -0.1) is 0 Å². The quantitative estimate of drug-likeness (QED) is 0.425. The summed E-state index contributed by atoms with van der Waals surface area (Å²) in [6, 6.07) is -0.386. The summed E-state index contributed by atoms with van der Waals surface area (Å²) in [6.45, 7) is 4.88. The van der Waals surface area contributed by atoms with Crippen molar-refractivity contribution in [2.24, 2.45) is 45.4 Å². The molecule has 0 amide bonds. The van der Waals surface area contributed by atoms with Crippen LogP contribution in [0.15, 0.2) is 16.9 Å². The van der Waals surface area contributed by atoms with Gasteiger partial charge in [-0.25, -0.2) is 4.39 Å². The van der Waals surface area contributed by atoms with Crippen LogP contribution in [0.4, 0.5) is 4.39 Å². The number of halogens is 1. The van der Waals surface area contributed by atoms with Crippen LogP contribution < -0.4 is 11.2 Å². The van der Waals surface area contributed by atoms with Gasteiger partial charge in [-0.2, -0.15) is 4.91 Å². The molecule has 0 spiro atoms. The SMILES string of the molecule is C[C@]12C[C@@H](F)C(NOCCN)=CC1C(N=O)C[C@@H]1[C@@H]2CC[C@]2(C)C(=O)CC[C@@H]12. The second-order valence-corrected chi connectivity index (χ2v) is 9.77. The van der Waals surface area contributed by atoms with E-state index in [1.54, 1.807) is 0 Å². The van der Waals surface area contributed by atoms with Gasteiger partial charge in [0.2, 0.25) is 0 Å². The van der Waals surface area contributed by atoms with Crippen molar-refractivity contribution in [3.05, 3.63) is 16.7 Å². The molecule has 28 heavy (non-hydrogen) atoms. The Hall–Kier alpha value is -1.34. The van der Waals surface area contributed by atoms with Crippen molar-refractivity contribution in [1.82, 2.24) is 5.48 Å². The third-order valence-electron chi connectivity index (χ3n) is 8.54. The van der Waals surface area contributed by atoms with E-state index in [2.05, 4.69) is 24.5 Å². The number of carbonyl (C=O) groups excluding carboxylic acids is 1. The van der Waals surface area contributed by atoms with E-state index in [1.165, 1.54) is 0 Å². The monoisotopic (exact) mass is 393 g/mol. The molecule has 0 radical (unpaired) electrons. The molecule has 6 nitrogen and oxygen atoms in total. The zero-order chi connectivity index (χ0) is 20.1. The molecule has 156 valence electrons. The number of nitrogens with one attached hydrogen (secondary N) is 1. The van der Waals surface area contributed by atoms with Crippen LogP contribution in [0.3, 0.4) is 0 Å². The molecule has 7 heteroatoms. The number of hydrogen-bond acceptors (Lipinski definition) is 6. The zero-order valence-electron chi connectivity index (χ0n) is 16.8. The lowest BCUT2D eigenvalue weighted by Crippen LogP contribution is -2.57. The van der Waals surface area contributed by atoms with E-state index in [4.69, 9.17) is 10.6 Å². The predicted octanol–water partition coefficient (Wildman–Crippen LogP) is 3.26. The predicted molar refractivity (Wildman–Crippen MR) is 104 cm³/mol. The minimum atomic E-state index is -1.16. The second-order valence-electron chi connectivity index (χ2n) is 9.77. The number of nitrogens with two attached hydrogens (primary N) is 1. The summed E-state index contributed by atoms with van der Waals surface area (Å²) in [7, 11) is 0. The van der Waals surface area contributed by atoms with Gasteiger partial charge in [0.25, 0.3) is 0 Å². The number of hydroxylamine groups is 1. The number of nitrogens with zero attached hydrogens (tertiary/aromatic N) is 1.